The van der Waals surface area contributed by atoms with Crippen LogP contribution in [0.25, 0.3) is 5.69 Å². The molecule has 2 saturated carbocycles. The van der Waals surface area contributed by atoms with Crippen molar-refractivity contribution in [2.75, 3.05) is 0 Å². The summed E-state index contributed by atoms with van der Waals surface area (Å²) in [6.07, 6.45) is 5.85. The fourth-order valence-corrected chi connectivity index (χ4v) is 4.23. The molecule has 2 aromatic carbocycles. The SMILES string of the molecule is CCc1nn(-c2ccccc2)c(Oc2ccccc2F)c1CN(C(=O)C1CCC1)C1CC1. The normalized spacial score (nSPS) is 15.9. The number of hydrogen-bond acceptors (Lipinski definition) is 3. The van der Waals surface area contributed by atoms with Crippen LogP contribution in [0, 0.1) is 11.7 Å². The first kappa shape index (κ1) is 20.7. The van der Waals surface area contributed by atoms with Crippen molar-refractivity contribution in [3.63, 3.8) is 0 Å². The predicted molar refractivity (Wildman–Crippen MR) is 120 cm³/mol. The Balaban J connectivity index is 1.57. The van der Waals surface area contributed by atoms with Crippen LogP contribution in [0.5, 0.6) is 11.6 Å². The molecule has 0 unspecified atom stereocenters. The molecule has 6 heteroatoms. The van der Waals surface area contributed by atoms with Gasteiger partial charge in [-0.3, -0.25) is 4.79 Å². The highest BCUT2D eigenvalue weighted by molar-refractivity contribution is 5.80. The number of hydrogen-bond donors (Lipinski definition) is 0. The minimum absolute atomic E-state index is 0.140. The summed E-state index contributed by atoms with van der Waals surface area (Å²) in [5.74, 6) is 0.578. The molecule has 0 N–H and O–H groups in total. The Labute approximate surface area is 187 Å². The van der Waals surface area contributed by atoms with Crippen LogP contribution < -0.4 is 4.74 Å². The van der Waals surface area contributed by atoms with Gasteiger partial charge in [0.15, 0.2) is 11.6 Å². The average Bonchev–Trinajstić information content (AvgIpc) is 3.55. The van der Waals surface area contributed by atoms with Crippen LogP contribution in [0.3, 0.4) is 0 Å². The van der Waals surface area contributed by atoms with Crippen LogP contribution in [0.4, 0.5) is 4.39 Å². The fourth-order valence-electron chi connectivity index (χ4n) is 4.23. The molecule has 1 amide bonds. The molecule has 0 bridgehead atoms. The van der Waals surface area contributed by atoms with Crippen LogP contribution in [0.1, 0.15) is 50.3 Å². The lowest BCUT2D eigenvalue weighted by molar-refractivity contribution is -0.139. The van der Waals surface area contributed by atoms with Crippen LogP contribution in [-0.2, 0) is 17.8 Å². The molecule has 1 aromatic heterocycles. The molecule has 5 rings (SSSR count). The number of para-hydroxylation sites is 2. The smallest absolute Gasteiger partial charge is 0.228 e. The summed E-state index contributed by atoms with van der Waals surface area (Å²) in [6, 6.07) is 16.4. The van der Waals surface area contributed by atoms with Crippen molar-refractivity contribution >= 4 is 5.91 Å². The third kappa shape index (κ3) is 4.01. The van der Waals surface area contributed by atoms with Gasteiger partial charge < -0.3 is 9.64 Å². The Morgan fingerprint density at radius 1 is 1.09 bits per heavy atom. The number of rotatable bonds is 8. The largest absolute Gasteiger partial charge is 0.435 e. The van der Waals surface area contributed by atoms with E-state index in [2.05, 4.69) is 0 Å². The third-order valence-electron chi connectivity index (χ3n) is 6.45. The van der Waals surface area contributed by atoms with E-state index in [1.54, 1.807) is 22.9 Å². The quantitative estimate of drug-likeness (QED) is 0.461. The lowest BCUT2D eigenvalue weighted by Crippen LogP contribution is -2.40. The number of ether oxygens (including phenoxy) is 1. The molecule has 0 atom stereocenters. The first-order chi connectivity index (χ1) is 15.7. The molecule has 2 fully saturated rings. The maximum absolute atomic E-state index is 14.5. The van der Waals surface area contributed by atoms with Crippen molar-refractivity contribution in [3.05, 3.63) is 71.7 Å². The summed E-state index contributed by atoms with van der Waals surface area (Å²) in [7, 11) is 0. The van der Waals surface area contributed by atoms with E-state index in [0.717, 1.165) is 49.0 Å². The Bertz CT molecular complexity index is 1100. The van der Waals surface area contributed by atoms with Gasteiger partial charge in [-0.05, 0) is 56.4 Å². The molecule has 1 heterocycles. The number of carbonyl (C=O) groups excluding carboxylic acids is 1. The highest BCUT2D eigenvalue weighted by Crippen LogP contribution is 2.38. The Morgan fingerprint density at radius 3 is 2.44 bits per heavy atom. The maximum atomic E-state index is 14.5. The second kappa shape index (κ2) is 8.77. The summed E-state index contributed by atoms with van der Waals surface area (Å²) in [4.78, 5) is 15.2. The summed E-state index contributed by atoms with van der Waals surface area (Å²) in [5.41, 5.74) is 2.56. The van der Waals surface area contributed by atoms with E-state index in [1.807, 2.05) is 42.2 Å². The van der Waals surface area contributed by atoms with Gasteiger partial charge in [0.25, 0.3) is 0 Å². The molecular weight excluding hydrogens is 405 g/mol. The van der Waals surface area contributed by atoms with Crippen LogP contribution in [-0.4, -0.2) is 26.6 Å². The van der Waals surface area contributed by atoms with Gasteiger partial charge in [-0.25, -0.2) is 9.07 Å². The fraction of sp³-hybridized carbons (Fsp3) is 0.385. The zero-order valence-corrected chi connectivity index (χ0v) is 18.3. The molecule has 3 aromatic rings. The number of carbonyl (C=O) groups is 1. The van der Waals surface area contributed by atoms with Crippen molar-refractivity contribution < 1.29 is 13.9 Å². The number of amides is 1. The maximum Gasteiger partial charge on any atom is 0.228 e. The molecule has 0 radical (unpaired) electrons. The standard InChI is InChI=1S/C26H28FN3O2/c1-2-23-21(17-29(19-15-16-19)25(31)18-9-8-10-18)26(32-24-14-7-6-13-22(24)27)30(28-23)20-11-4-3-5-12-20/h3-7,11-14,18-19H,2,8-10,15-17H2,1H3. The summed E-state index contributed by atoms with van der Waals surface area (Å²) < 4.78 is 22.4. The molecule has 166 valence electrons. The van der Waals surface area contributed by atoms with E-state index in [-0.39, 0.29) is 23.6 Å². The topological polar surface area (TPSA) is 47.4 Å². The summed E-state index contributed by atoms with van der Waals surface area (Å²) >= 11 is 0. The Hall–Kier alpha value is -3.15. The molecule has 2 aliphatic carbocycles. The average molecular weight is 434 g/mol. The van der Waals surface area contributed by atoms with Crippen molar-refractivity contribution in [3.8, 4) is 17.3 Å². The number of benzene rings is 2. The number of aryl methyl sites for hydroxylation is 1. The Morgan fingerprint density at radius 2 is 1.81 bits per heavy atom. The highest BCUT2D eigenvalue weighted by atomic mass is 19.1. The lowest BCUT2D eigenvalue weighted by atomic mass is 9.84. The first-order valence-corrected chi connectivity index (χ1v) is 11.5. The molecule has 0 spiro atoms. The minimum atomic E-state index is -0.429. The van der Waals surface area contributed by atoms with Crippen LogP contribution >= 0.6 is 0 Å². The van der Waals surface area contributed by atoms with E-state index in [0.29, 0.717) is 18.8 Å². The second-order valence-corrected chi connectivity index (χ2v) is 8.69. The number of nitrogens with zero attached hydrogens (tertiary/aromatic N) is 3. The van der Waals surface area contributed by atoms with E-state index in [9.17, 15) is 9.18 Å². The minimum Gasteiger partial charge on any atom is -0.435 e. The third-order valence-corrected chi connectivity index (χ3v) is 6.45. The monoisotopic (exact) mass is 433 g/mol. The van der Waals surface area contributed by atoms with E-state index >= 15 is 0 Å². The van der Waals surface area contributed by atoms with E-state index in [1.165, 1.54) is 6.07 Å². The van der Waals surface area contributed by atoms with E-state index < -0.39 is 5.82 Å². The molecular formula is C26H28FN3O2. The van der Waals surface area contributed by atoms with Gasteiger partial charge in [0.2, 0.25) is 11.8 Å². The Kier molecular flexibility index (Phi) is 5.68. The lowest BCUT2D eigenvalue weighted by Gasteiger charge is -2.32. The van der Waals surface area contributed by atoms with E-state index in [4.69, 9.17) is 9.84 Å². The van der Waals surface area contributed by atoms with Gasteiger partial charge in [0, 0.05) is 12.0 Å². The number of aromatic nitrogens is 2. The van der Waals surface area contributed by atoms with Crippen molar-refractivity contribution in [2.45, 2.75) is 58.0 Å². The zero-order valence-electron chi connectivity index (χ0n) is 18.3. The van der Waals surface area contributed by atoms with Gasteiger partial charge in [-0.15, -0.1) is 0 Å². The summed E-state index contributed by atoms with van der Waals surface area (Å²) in [6.45, 7) is 2.49. The van der Waals surface area contributed by atoms with Crippen molar-refractivity contribution in [1.82, 2.24) is 14.7 Å². The molecule has 2 aliphatic rings. The van der Waals surface area contributed by atoms with Crippen LogP contribution in [0.2, 0.25) is 0 Å². The van der Waals surface area contributed by atoms with Gasteiger partial charge in [0.05, 0.1) is 23.5 Å². The van der Waals surface area contributed by atoms with Gasteiger partial charge in [-0.2, -0.15) is 5.10 Å². The predicted octanol–water partition coefficient (Wildman–Crippen LogP) is 5.66. The van der Waals surface area contributed by atoms with Gasteiger partial charge >= 0.3 is 0 Å². The van der Waals surface area contributed by atoms with Crippen molar-refractivity contribution in [2.24, 2.45) is 5.92 Å². The summed E-state index contributed by atoms with van der Waals surface area (Å²) in [5, 5.41) is 4.83. The highest BCUT2D eigenvalue weighted by Gasteiger charge is 2.39. The molecule has 0 aliphatic heterocycles. The zero-order chi connectivity index (χ0) is 22.1. The molecule has 32 heavy (non-hydrogen) atoms. The van der Waals surface area contributed by atoms with Crippen LogP contribution in [0.15, 0.2) is 54.6 Å². The first-order valence-electron chi connectivity index (χ1n) is 11.5. The molecule has 5 nitrogen and oxygen atoms in total. The van der Waals surface area contributed by atoms with Crippen molar-refractivity contribution in [1.29, 1.82) is 0 Å². The number of halogens is 1. The second-order valence-electron chi connectivity index (χ2n) is 8.69. The van der Waals surface area contributed by atoms with Gasteiger partial charge in [-0.1, -0.05) is 43.7 Å². The van der Waals surface area contributed by atoms with Gasteiger partial charge in [0.1, 0.15) is 0 Å². The molecule has 0 saturated heterocycles.